The highest BCUT2D eigenvalue weighted by Gasteiger charge is 2.27. The molecule has 0 amide bonds. The Morgan fingerprint density at radius 3 is 2.29 bits per heavy atom. The second-order valence-corrected chi connectivity index (χ2v) is 3.57. The van der Waals surface area contributed by atoms with E-state index in [0.29, 0.717) is 5.56 Å². The Labute approximate surface area is 81.5 Å². The first-order valence-electron chi connectivity index (χ1n) is 4.19. The molecule has 0 aliphatic carbocycles. The predicted octanol–water partition coefficient (Wildman–Crippen LogP) is 1.77. The van der Waals surface area contributed by atoms with Gasteiger partial charge in [-0.2, -0.15) is 5.48 Å². The molecule has 0 fully saturated rings. The minimum absolute atomic E-state index is 0.292. The quantitative estimate of drug-likeness (QED) is 0.573. The van der Waals surface area contributed by atoms with Crippen LogP contribution in [0, 0.1) is 5.82 Å². The molecule has 0 atom stereocenters. The van der Waals surface area contributed by atoms with Crippen molar-refractivity contribution in [2.24, 2.45) is 0 Å². The lowest BCUT2D eigenvalue weighted by molar-refractivity contribution is 0.0569. The van der Waals surface area contributed by atoms with Gasteiger partial charge in [0.25, 0.3) is 0 Å². The van der Waals surface area contributed by atoms with Gasteiger partial charge in [0.15, 0.2) is 5.78 Å². The number of hydrogen-bond acceptors (Lipinski definition) is 3. The second-order valence-electron chi connectivity index (χ2n) is 3.57. The van der Waals surface area contributed by atoms with Gasteiger partial charge in [-0.25, -0.2) is 4.39 Å². The average molecular weight is 197 g/mol. The molecule has 1 aromatic carbocycles. The summed E-state index contributed by atoms with van der Waals surface area (Å²) in [7, 11) is 0. The SMILES string of the molecule is CC(C)(NO)C(=O)c1ccc(F)cc1. The van der Waals surface area contributed by atoms with Crippen LogP contribution in [0.15, 0.2) is 24.3 Å². The second kappa shape index (κ2) is 3.86. The summed E-state index contributed by atoms with van der Waals surface area (Å²) in [5.41, 5.74) is 1.21. The van der Waals surface area contributed by atoms with Gasteiger partial charge in [0, 0.05) is 5.56 Å². The number of carbonyl (C=O) groups is 1. The molecule has 0 unspecified atom stereocenters. The molecule has 0 saturated carbocycles. The van der Waals surface area contributed by atoms with Crippen LogP contribution in [0.25, 0.3) is 0 Å². The van der Waals surface area contributed by atoms with E-state index in [9.17, 15) is 9.18 Å². The van der Waals surface area contributed by atoms with Crippen LogP contribution in [0.3, 0.4) is 0 Å². The van der Waals surface area contributed by atoms with Crippen molar-refractivity contribution in [3.63, 3.8) is 0 Å². The zero-order valence-corrected chi connectivity index (χ0v) is 8.04. The summed E-state index contributed by atoms with van der Waals surface area (Å²) in [5, 5.41) is 8.74. The Balaban J connectivity index is 2.96. The highest BCUT2D eigenvalue weighted by molar-refractivity contribution is 6.02. The van der Waals surface area contributed by atoms with Gasteiger partial charge in [0.2, 0.25) is 0 Å². The number of nitrogens with one attached hydrogen (secondary N) is 1. The van der Waals surface area contributed by atoms with Crippen LogP contribution < -0.4 is 5.48 Å². The predicted molar refractivity (Wildman–Crippen MR) is 49.7 cm³/mol. The highest BCUT2D eigenvalue weighted by Crippen LogP contribution is 2.12. The molecule has 0 aliphatic heterocycles. The number of hydrogen-bond donors (Lipinski definition) is 2. The largest absolute Gasteiger partial charge is 0.316 e. The van der Waals surface area contributed by atoms with E-state index in [0.717, 1.165) is 0 Å². The lowest BCUT2D eigenvalue weighted by atomic mass is 9.94. The first kappa shape index (κ1) is 10.8. The molecule has 4 heteroatoms. The van der Waals surface area contributed by atoms with Crippen molar-refractivity contribution < 1.29 is 14.4 Å². The monoisotopic (exact) mass is 197 g/mol. The van der Waals surface area contributed by atoms with E-state index in [1.165, 1.54) is 24.3 Å². The molecule has 0 spiro atoms. The van der Waals surface area contributed by atoms with Gasteiger partial charge in [-0.3, -0.25) is 4.79 Å². The Hall–Kier alpha value is -1.26. The molecule has 0 aliphatic rings. The lowest BCUT2D eigenvalue weighted by Crippen LogP contribution is -2.44. The summed E-state index contributed by atoms with van der Waals surface area (Å²) in [6.07, 6.45) is 0. The molecule has 0 bridgehead atoms. The van der Waals surface area contributed by atoms with E-state index in [1.54, 1.807) is 13.8 Å². The minimum Gasteiger partial charge on any atom is -0.316 e. The molecule has 76 valence electrons. The summed E-state index contributed by atoms with van der Waals surface area (Å²) in [6, 6.07) is 5.19. The van der Waals surface area contributed by atoms with Gasteiger partial charge in [-0.05, 0) is 38.1 Å². The molecule has 1 aromatic rings. The Morgan fingerprint density at radius 1 is 1.36 bits per heavy atom. The Morgan fingerprint density at radius 2 is 1.86 bits per heavy atom. The van der Waals surface area contributed by atoms with E-state index in [2.05, 4.69) is 0 Å². The van der Waals surface area contributed by atoms with Crippen LogP contribution in [-0.2, 0) is 0 Å². The third-order valence-electron chi connectivity index (χ3n) is 1.95. The molecule has 1 rings (SSSR count). The number of benzene rings is 1. The molecule has 0 aromatic heterocycles. The summed E-state index contributed by atoms with van der Waals surface area (Å²) < 4.78 is 12.6. The number of Topliss-reactive ketones (excluding diaryl/α,β-unsaturated/α-hetero) is 1. The molecular weight excluding hydrogens is 185 g/mol. The van der Waals surface area contributed by atoms with Crippen LogP contribution in [0.2, 0.25) is 0 Å². The zero-order chi connectivity index (χ0) is 10.8. The van der Waals surface area contributed by atoms with Crippen molar-refractivity contribution in [1.29, 1.82) is 0 Å². The first-order valence-corrected chi connectivity index (χ1v) is 4.19. The van der Waals surface area contributed by atoms with Crippen molar-refractivity contribution in [3.05, 3.63) is 35.6 Å². The van der Waals surface area contributed by atoms with Gasteiger partial charge in [-0.15, -0.1) is 0 Å². The van der Waals surface area contributed by atoms with E-state index in [-0.39, 0.29) is 5.78 Å². The first-order chi connectivity index (χ1) is 6.47. The molecule has 0 radical (unpaired) electrons. The number of halogens is 1. The van der Waals surface area contributed by atoms with Crippen LogP contribution in [0.1, 0.15) is 24.2 Å². The van der Waals surface area contributed by atoms with Crippen molar-refractivity contribution in [2.45, 2.75) is 19.4 Å². The van der Waals surface area contributed by atoms with Crippen molar-refractivity contribution in [3.8, 4) is 0 Å². The molecule has 0 saturated heterocycles. The maximum Gasteiger partial charge on any atom is 0.184 e. The molecule has 2 N–H and O–H groups in total. The fourth-order valence-corrected chi connectivity index (χ4v) is 1.01. The summed E-state index contributed by atoms with van der Waals surface area (Å²) >= 11 is 0. The fourth-order valence-electron chi connectivity index (χ4n) is 1.01. The van der Waals surface area contributed by atoms with Crippen molar-refractivity contribution >= 4 is 5.78 Å². The van der Waals surface area contributed by atoms with Gasteiger partial charge in [0.1, 0.15) is 11.4 Å². The third-order valence-corrected chi connectivity index (χ3v) is 1.95. The van der Waals surface area contributed by atoms with Gasteiger partial charge in [-0.1, -0.05) is 0 Å². The topological polar surface area (TPSA) is 49.3 Å². The van der Waals surface area contributed by atoms with E-state index in [4.69, 9.17) is 5.21 Å². The normalized spacial score (nSPS) is 11.4. The van der Waals surface area contributed by atoms with E-state index >= 15 is 0 Å². The van der Waals surface area contributed by atoms with E-state index < -0.39 is 11.4 Å². The van der Waals surface area contributed by atoms with Gasteiger partial charge in [0.05, 0.1) is 0 Å². The number of rotatable bonds is 3. The lowest BCUT2D eigenvalue weighted by Gasteiger charge is -2.20. The summed E-state index contributed by atoms with van der Waals surface area (Å²) in [6.45, 7) is 3.08. The summed E-state index contributed by atoms with van der Waals surface area (Å²) in [5.74, 6) is -0.684. The van der Waals surface area contributed by atoms with Crippen molar-refractivity contribution in [2.75, 3.05) is 0 Å². The number of hydroxylamine groups is 1. The highest BCUT2D eigenvalue weighted by atomic mass is 19.1. The minimum atomic E-state index is -1.06. The fraction of sp³-hybridized carbons (Fsp3) is 0.300. The summed E-state index contributed by atoms with van der Waals surface area (Å²) in [4.78, 5) is 11.7. The van der Waals surface area contributed by atoms with Crippen LogP contribution in [0.5, 0.6) is 0 Å². The average Bonchev–Trinajstić information content (AvgIpc) is 2.18. The standard InChI is InChI=1S/C10H12FNO2/c1-10(2,12-14)9(13)7-3-5-8(11)6-4-7/h3-6,12,14H,1-2H3. The smallest absolute Gasteiger partial charge is 0.184 e. The maximum atomic E-state index is 12.6. The zero-order valence-electron chi connectivity index (χ0n) is 8.04. The maximum absolute atomic E-state index is 12.6. The molecule has 0 heterocycles. The Bertz CT molecular complexity index is 332. The molecular formula is C10H12FNO2. The van der Waals surface area contributed by atoms with Crippen LogP contribution in [0.4, 0.5) is 4.39 Å². The molecule has 14 heavy (non-hydrogen) atoms. The molecule has 3 nitrogen and oxygen atoms in total. The van der Waals surface area contributed by atoms with Crippen molar-refractivity contribution in [1.82, 2.24) is 5.48 Å². The number of ketones is 1. The van der Waals surface area contributed by atoms with Gasteiger partial charge < -0.3 is 5.21 Å². The van der Waals surface area contributed by atoms with Crippen LogP contribution >= 0.6 is 0 Å². The van der Waals surface area contributed by atoms with Crippen LogP contribution in [-0.4, -0.2) is 16.5 Å². The number of carbonyl (C=O) groups excluding carboxylic acids is 1. The Kier molecular flexibility index (Phi) is 2.98. The van der Waals surface area contributed by atoms with Gasteiger partial charge >= 0.3 is 0 Å². The van der Waals surface area contributed by atoms with E-state index in [1.807, 2.05) is 5.48 Å². The third kappa shape index (κ3) is 2.16.